The quantitative estimate of drug-likeness (QED) is 0.813. The van der Waals surface area contributed by atoms with E-state index < -0.39 is 10.1 Å². The lowest BCUT2D eigenvalue weighted by Crippen LogP contribution is -1.97. The normalized spacial score (nSPS) is 11.6. The van der Waals surface area contributed by atoms with E-state index in [0.717, 1.165) is 16.3 Å². The molecule has 0 saturated heterocycles. The molecular weight excluding hydrogens is 224 g/mol. The van der Waals surface area contributed by atoms with Crippen LogP contribution in [0, 0.1) is 0 Å². The first-order chi connectivity index (χ1) is 7.52. The molecule has 0 saturated carbocycles. The third kappa shape index (κ3) is 1.85. The molecule has 3 nitrogen and oxygen atoms in total. The van der Waals surface area contributed by atoms with E-state index in [1.807, 2.05) is 18.2 Å². The van der Waals surface area contributed by atoms with Crippen molar-refractivity contribution in [2.24, 2.45) is 0 Å². The van der Waals surface area contributed by atoms with Crippen LogP contribution in [0.4, 0.5) is 0 Å². The van der Waals surface area contributed by atoms with E-state index in [1.165, 1.54) is 12.1 Å². The molecule has 0 heterocycles. The van der Waals surface area contributed by atoms with Gasteiger partial charge in [0.1, 0.15) is 0 Å². The molecule has 0 radical (unpaired) electrons. The van der Waals surface area contributed by atoms with Crippen molar-refractivity contribution < 1.29 is 13.0 Å². The average molecular weight is 234 g/mol. The number of rotatable bonds is 2. The molecule has 0 amide bonds. The summed E-state index contributed by atoms with van der Waals surface area (Å²) in [6.45, 7) is 3.66. The van der Waals surface area contributed by atoms with Gasteiger partial charge < -0.3 is 0 Å². The van der Waals surface area contributed by atoms with E-state index in [9.17, 15) is 8.42 Å². The fourth-order valence-electron chi connectivity index (χ4n) is 1.61. The molecule has 2 aromatic carbocycles. The van der Waals surface area contributed by atoms with E-state index in [1.54, 1.807) is 12.1 Å². The second-order valence-corrected chi connectivity index (χ2v) is 4.83. The van der Waals surface area contributed by atoms with Crippen LogP contribution in [0.25, 0.3) is 16.8 Å². The van der Waals surface area contributed by atoms with Crippen molar-refractivity contribution in [1.29, 1.82) is 0 Å². The van der Waals surface area contributed by atoms with Crippen molar-refractivity contribution in [3.05, 3.63) is 48.5 Å². The Kier molecular flexibility index (Phi) is 2.53. The van der Waals surface area contributed by atoms with Crippen molar-refractivity contribution in [3.8, 4) is 0 Å². The Morgan fingerprint density at radius 3 is 2.56 bits per heavy atom. The highest BCUT2D eigenvalue weighted by Gasteiger charge is 2.10. The van der Waals surface area contributed by atoms with Gasteiger partial charge in [0.05, 0.1) is 4.90 Å². The van der Waals surface area contributed by atoms with Crippen molar-refractivity contribution in [3.63, 3.8) is 0 Å². The first-order valence-electron chi connectivity index (χ1n) is 4.65. The Morgan fingerprint density at radius 2 is 1.94 bits per heavy atom. The molecular formula is C12H10O3S. The first kappa shape index (κ1) is 10.9. The summed E-state index contributed by atoms with van der Waals surface area (Å²) in [5.74, 6) is 0. The Balaban J connectivity index is 2.83. The van der Waals surface area contributed by atoms with Crippen LogP contribution in [0.15, 0.2) is 47.9 Å². The highest BCUT2D eigenvalue weighted by Crippen LogP contribution is 2.23. The van der Waals surface area contributed by atoms with Crippen LogP contribution in [-0.2, 0) is 10.1 Å². The van der Waals surface area contributed by atoms with Crippen LogP contribution in [0.5, 0.6) is 0 Å². The minimum Gasteiger partial charge on any atom is -0.282 e. The summed E-state index contributed by atoms with van der Waals surface area (Å²) >= 11 is 0. The van der Waals surface area contributed by atoms with Gasteiger partial charge in [-0.05, 0) is 28.5 Å². The smallest absolute Gasteiger partial charge is 0.282 e. The molecule has 0 aromatic heterocycles. The van der Waals surface area contributed by atoms with Crippen molar-refractivity contribution in [2.45, 2.75) is 4.90 Å². The SMILES string of the molecule is C=Cc1cccc2ccc(S(=O)(=O)O)cc12. The third-order valence-electron chi connectivity index (χ3n) is 2.41. The van der Waals surface area contributed by atoms with Gasteiger partial charge in [0.15, 0.2) is 0 Å². The zero-order valence-electron chi connectivity index (χ0n) is 8.42. The van der Waals surface area contributed by atoms with Gasteiger partial charge in [0.25, 0.3) is 10.1 Å². The summed E-state index contributed by atoms with van der Waals surface area (Å²) in [5, 5.41) is 1.66. The maximum Gasteiger partial charge on any atom is 0.294 e. The second-order valence-electron chi connectivity index (χ2n) is 3.41. The predicted octanol–water partition coefficient (Wildman–Crippen LogP) is 2.73. The van der Waals surface area contributed by atoms with Crippen LogP contribution in [-0.4, -0.2) is 13.0 Å². The molecule has 0 unspecified atom stereocenters. The molecule has 1 N–H and O–H groups in total. The van der Waals surface area contributed by atoms with Gasteiger partial charge in [-0.1, -0.05) is 36.9 Å². The summed E-state index contributed by atoms with van der Waals surface area (Å²) in [4.78, 5) is -0.102. The van der Waals surface area contributed by atoms with E-state index in [-0.39, 0.29) is 4.90 Å². The summed E-state index contributed by atoms with van der Waals surface area (Å²) in [6, 6.07) is 10.1. The van der Waals surface area contributed by atoms with Crippen molar-refractivity contribution in [2.75, 3.05) is 0 Å². The maximum atomic E-state index is 11.0. The first-order valence-corrected chi connectivity index (χ1v) is 6.09. The zero-order valence-corrected chi connectivity index (χ0v) is 9.24. The minimum absolute atomic E-state index is 0.102. The molecule has 0 atom stereocenters. The standard InChI is InChI=1S/C12H10O3S/c1-2-9-4-3-5-10-6-7-11(8-12(9)10)16(13,14)15/h2-8H,1H2,(H,13,14,15). The molecule has 0 spiro atoms. The summed E-state index contributed by atoms with van der Waals surface area (Å²) in [7, 11) is -4.15. The third-order valence-corrected chi connectivity index (χ3v) is 3.25. The lowest BCUT2D eigenvalue weighted by Gasteiger charge is -2.04. The van der Waals surface area contributed by atoms with E-state index >= 15 is 0 Å². The molecule has 2 rings (SSSR count). The van der Waals surface area contributed by atoms with Crippen LogP contribution in [0.2, 0.25) is 0 Å². The molecule has 0 bridgehead atoms. The molecule has 2 aromatic rings. The monoisotopic (exact) mass is 234 g/mol. The summed E-state index contributed by atoms with van der Waals surface area (Å²) < 4.78 is 31.0. The van der Waals surface area contributed by atoms with E-state index in [2.05, 4.69) is 6.58 Å². The average Bonchev–Trinajstić information content (AvgIpc) is 2.26. The van der Waals surface area contributed by atoms with Gasteiger partial charge in [-0.25, -0.2) is 0 Å². The largest absolute Gasteiger partial charge is 0.294 e. The number of fused-ring (bicyclic) bond motifs is 1. The molecule has 0 aliphatic rings. The van der Waals surface area contributed by atoms with Crippen LogP contribution in [0.1, 0.15) is 5.56 Å². The van der Waals surface area contributed by atoms with Gasteiger partial charge >= 0.3 is 0 Å². The zero-order chi connectivity index (χ0) is 11.8. The van der Waals surface area contributed by atoms with Crippen LogP contribution >= 0.6 is 0 Å². The lowest BCUT2D eigenvalue weighted by atomic mass is 10.1. The fourth-order valence-corrected chi connectivity index (χ4v) is 2.12. The Morgan fingerprint density at radius 1 is 1.19 bits per heavy atom. The molecule has 4 heteroatoms. The Hall–Kier alpha value is -1.65. The Bertz CT molecular complexity index is 657. The predicted molar refractivity (Wildman–Crippen MR) is 63.9 cm³/mol. The van der Waals surface area contributed by atoms with Gasteiger partial charge in [-0.3, -0.25) is 4.55 Å². The van der Waals surface area contributed by atoms with Crippen molar-refractivity contribution in [1.82, 2.24) is 0 Å². The molecule has 0 fully saturated rings. The lowest BCUT2D eigenvalue weighted by molar-refractivity contribution is 0.483. The molecule has 0 aliphatic heterocycles. The maximum absolute atomic E-state index is 11.0. The van der Waals surface area contributed by atoms with Crippen molar-refractivity contribution >= 4 is 27.0 Å². The van der Waals surface area contributed by atoms with Crippen LogP contribution < -0.4 is 0 Å². The van der Waals surface area contributed by atoms with Gasteiger partial charge in [0.2, 0.25) is 0 Å². The van der Waals surface area contributed by atoms with Gasteiger partial charge in [0, 0.05) is 0 Å². The fraction of sp³-hybridized carbons (Fsp3) is 0. The summed E-state index contributed by atoms with van der Waals surface area (Å²) in [5.41, 5.74) is 0.836. The van der Waals surface area contributed by atoms with E-state index in [4.69, 9.17) is 4.55 Å². The number of benzene rings is 2. The molecule has 16 heavy (non-hydrogen) atoms. The molecule has 0 aliphatic carbocycles. The highest BCUT2D eigenvalue weighted by atomic mass is 32.2. The van der Waals surface area contributed by atoms with E-state index in [0.29, 0.717) is 0 Å². The van der Waals surface area contributed by atoms with Gasteiger partial charge in [-0.2, -0.15) is 8.42 Å². The topological polar surface area (TPSA) is 54.4 Å². The number of hydrogen-bond donors (Lipinski definition) is 1. The number of hydrogen-bond acceptors (Lipinski definition) is 2. The molecule has 82 valence electrons. The second kappa shape index (κ2) is 3.73. The summed E-state index contributed by atoms with van der Waals surface area (Å²) in [6.07, 6.45) is 1.65. The highest BCUT2D eigenvalue weighted by molar-refractivity contribution is 7.85. The van der Waals surface area contributed by atoms with Gasteiger partial charge in [-0.15, -0.1) is 0 Å². The van der Waals surface area contributed by atoms with Crippen LogP contribution in [0.3, 0.4) is 0 Å². The minimum atomic E-state index is -4.15. The Labute approximate surface area is 93.8 Å².